The van der Waals surface area contributed by atoms with E-state index in [4.69, 9.17) is 18.9 Å². The largest absolute Gasteiger partial charge is 0.477 e. The minimum atomic E-state index is -1.51. The molecule has 0 amide bonds. The molecule has 1 N–H and O–H groups in total. The van der Waals surface area contributed by atoms with Crippen LogP contribution >= 0.6 is 0 Å². The molecule has 0 radical (unpaired) electrons. The highest BCUT2D eigenvalue weighted by atomic mass is 16.7. The number of allylic oxidation sites excluding steroid dienone is 12. The number of ether oxygens (including phenoxy) is 4. The van der Waals surface area contributed by atoms with Gasteiger partial charge < -0.3 is 28.5 Å². The zero-order chi connectivity index (χ0) is 54.8. The maximum atomic E-state index is 12.9. The van der Waals surface area contributed by atoms with Crippen LogP contribution in [0.15, 0.2) is 72.9 Å². The number of hydrogen-bond acceptors (Lipinski definition) is 7. The van der Waals surface area contributed by atoms with Gasteiger partial charge in [0.2, 0.25) is 0 Å². The van der Waals surface area contributed by atoms with Crippen LogP contribution in [0.3, 0.4) is 0 Å². The van der Waals surface area contributed by atoms with Crippen molar-refractivity contribution in [3.05, 3.63) is 72.9 Å². The number of carbonyl (C=O) groups is 3. The Hall–Kier alpha value is -3.27. The summed E-state index contributed by atoms with van der Waals surface area (Å²) in [6.07, 6.45) is 71.3. The van der Waals surface area contributed by atoms with E-state index in [2.05, 4.69) is 86.8 Å². The van der Waals surface area contributed by atoms with Gasteiger partial charge in [0.1, 0.15) is 13.2 Å². The number of rotatable bonds is 57. The van der Waals surface area contributed by atoms with E-state index < -0.39 is 24.3 Å². The summed E-state index contributed by atoms with van der Waals surface area (Å²) in [5.41, 5.74) is 0. The Kier molecular flexibility index (Phi) is 54.4. The molecule has 0 saturated heterocycles. The van der Waals surface area contributed by atoms with Crippen LogP contribution < -0.4 is 0 Å². The zero-order valence-corrected chi connectivity index (χ0v) is 49.4. The number of carboxylic acids is 1. The lowest BCUT2D eigenvalue weighted by Gasteiger charge is -2.25. The molecule has 0 aromatic heterocycles. The van der Waals surface area contributed by atoms with Crippen molar-refractivity contribution in [2.45, 2.75) is 283 Å². The molecule has 0 aliphatic rings. The van der Waals surface area contributed by atoms with E-state index in [-0.39, 0.29) is 32.2 Å². The molecule has 9 nitrogen and oxygen atoms in total. The number of aliphatic carboxylic acids is 1. The molecule has 434 valence electrons. The molecule has 0 aromatic carbocycles. The molecular weight excluding hydrogens is 935 g/mol. The minimum absolute atomic E-state index is 0.185. The van der Waals surface area contributed by atoms with E-state index in [1.54, 1.807) is 0 Å². The van der Waals surface area contributed by atoms with Gasteiger partial charge in [0.15, 0.2) is 6.10 Å². The summed E-state index contributed by atoms with van der Waals surface area (Å²) in [5.74, 6) is -2.00. The van der Waals surface area contributed by atoms with Crippen LogP contribution in [0, 0.1) is 0 Å². The Bertz CT molecular complexity index is 1460. The number of carbonyl (C=O) groups excluding carboxylic acids is 2. The summed E-state index contributed by atoms with van der Waals surface area (Å²) in [5, 5.41) is 9.72. The van der Waals surface area contributed by atoms with E-state index in [9.17, 15) is 19.5 Å². The van der Waals surface area contributed by atoms with Gasteiger partial charge in [-0.1, -0.05) is 247 Å². The fraction of sp³-hybridized carbons (Fsp3) is 0.773. The molecule has 2 atom stereocenters. The molecule has 0 heterocycles. The van der Waals surface area contributed by atoms with Gasteiger partial charge in [-0.25, -0.2) is 4.79 Å². The number of likely N-dealkylation sites (N-methyl/N-ethyl adjacent to an activating group) is 1. The van der Waals surface area contributed by atoms with Crippen molar-refractivity contribution in [1.82, 2.24) is 0 Å². The average Bonchev–Trinajstić information content (AvgIpc) is 3.38. The summed E-state index contributed by atoms with van der Waals surface area (Å²) in [7, 11) is 5.97. The highest BCUT2D eigenvalue weighted by Gasteiger charge is 2.25. The fourth-order valence-corrected chi connectivity index (χ4v) is 8.68. The van der Waals surface area contributed by atoms with Crippen molar-refractivity contribution < 1.29 is 42.9 Å². The van der Waals surface area contributed by atoms with Gasteiger partial charge in [0.25, 0.3) is 6.29 Å². The van der Waals surface area contributed by atoms with Crippen LogP contribution in [0.4, 0.5) is 0 Å². The SMILES string of the molecule is CC/C=C\C/C=C\C/C=C\C/C=C\CCCCCCCCCCCCC(=O)OC(COC(=O)CCCCCCCCCCCCCCCCC/C=C\C/C=C\CCCCCCC)COC(OCC[N+](C)(C)C)C(=O)O. The Labute approximate surface area is 462 Å². The number of hydrogen-bond donors (Lipinski definition) is 1. The second-order valence-corrected chi connectivity index (χ2v) is 22.0. The molecule has 0 aliphatic heterocycles. The van der Waals surface area contributed by atoms with Gasteiger partial charge in [-0.3, -0.25) is 9.59 Å². The quantitative estimate of drug-likeness (QED) is 0.0211. The third-order valence-corrected chi connectivity index (χ3v) is 13.4. The molecule has 9 heteroatoms. The molecule has 75 heavy (non-hydrogen) atoms. The van der Waals surface area contributed by atoms with Gasteiger partial charge >= 0.3 is 17.9 Å². The maximum absolute atomic E-state index is 12.9. The second-order valence-electron chi connectivity index (χ2n) is 22.0. The second kappa shape index (κ2) is 56.9. The first-order valence-electron chi connectivity index (χ1n) is 31.1. The van der Waals surface area contributed by atoms with Gasteiger partial charge in [-0.15, -0.1) is 0 Å². The number of esters is 2. The van der Waals surface area contributed by atoms with Crippen LogP contribution in [0.25, 0.3) is 0 Å². The molecule has 0 saturated carbocycles. The molecule has 0 rings (SSSR count). The van der Waals surface area contributed by atoms with E-state index in [1.807, 2.05) is 21.1 Å². The van der Waals surface area contributed by atoms with Gasteiger partial charge in [0.05, 0.1) is 34.4 Å². The number of quaternary nitrogens is 1. The lowest BCUT2D eigenvalue weighted by Crippen LogP contribution is -2.40. The van der Waals surface area contributed by atoms with E-state index >= 15 is 0 Å². The normalized spacial score (nSPS) is 13.2. The Morgan fingerprint density at radius 3 is 1.13 bits per heavy atom. The first kappa shape index (κ1) is 71.7. The Balaban J connectivity index is 4.19. The fourth-order valence-electron chi connectivity index (χ4n) is 8.68. The molecule has 0 fully saturated rings. The lowest BCUT2D eigenvalue weighted by atomic mass is 10.0. The lowest BCUT2D eigenvalue weighted by molar-refractivity contribution is -0.870. The minimum Gasteiger partial charge on any atom is -0.477 e. The summed E-state index contributed by atoms with van der Waals surface area (Å²) < 4.78 is 22.9. The molecule has 2 unspecified atom stereocenters. The van der Waals surface area contributed by atoms with E-state index in [0.717, 1.165) is 77.0 Å². The third-order valence-electron chi connectivity index (χ3n) is 13.4. The zero-order valence-electron chi connectivity index (χ0n) is 49.4. The molecule has 0 aromatic rings. The number of unbranched alkanes of at least 4 members (excludes halogenated alkanes) is 30. The van der Waals surface area contributed by atoms with Crippen LogP contribution in [0.1, 0.15) is 271 Å². The van der Waals surface area contributed by atoms with Crippen molar-refractivity contribution in [3.63, 3.8) is 0 Å². The highest BCUT2D eigenvalue weighted by Crippen LogP contribution is 2.17. The first-order valence-corrected chi connectivity index (χ1v) is 31.1. The standard InChI is InChI=1S/C66H117NO8/c1-6-8-10-12-14-16-18-20-22-24-26-28-30-31-32-33-35-36-38-40-42-44-46-48-50-52-54-56-63(68)73-60-62(61-74-66(65(70)71)72-59-58-67(3,4)5)75-64(69)57-55-53-51-49-47-45-43-41-39-37-34-29-27-25-23-21-19-17-15-13-11-9-7-2/h9,11,15,17-18,20-21,23-24,26-27,29,62,66H,6-8,10,12-14,16,19,22,25,28,30-61H2,1-5H3/p+1/b11-9-,17-15-,20-18-,23-21-,26-24-,29-27-. The molecule has 0 aliphatic carbocycles. The smallest absolute Gasteiger partial charge is 0.361 e. The summed E-state index contributed by atoms with van der Waals surface area (Å²) in [6.45, 7) is 4.77. The summed E-state index contributed by atoms with van der Waals surface area (Å²) in [6, 6.07) is 0. The number of carboxylic acid groups (broad SMARTS) is 1. The number of nitrogens with zero attached hydrogens (tertiary/aromatic N) is 1. The molecule has 0 bridgehead atoms. The van der Waals surface area contributed by atoms with Crippen molar-refractivity contribution in [2.24, 2.45) is 0 Å². The van der Waals surface area contributed by atoms with Crippen LogP contribution in [-0.2, 0) is 33.3 Å². The predicted octanol–water partition coefficient (Wildman–Crippen LogP) is 18.6. The summed E-state index contributed by atoms with van der Waals surface area (Å²) >= 11 is 0. The van der Waals surface area contributed by atoms with E-state index in [0.29, 0.717) is 23.9 Å². The van der Waals surface area contributed by atoms with Crippen molar-refractivity contribution in [3.8, 4) is 0 Å². The van der Waals surface area contributed by atoms with Gasteiger partial charge in [0, 0.05) is 12.8 Å². The van der Waals surface area contributed by atoms with Gasteiger partial charge in [-0.05, 0) is 83.5 Å². The Morgan fingerprint density at radius 1 is 0.413 bits per heavy atom. The predicted molar refractivity (Wildman–Crippen MR) is 318 cm³/mol. The van der Waals surface area contributed by atoms with Crippen LogP contribution in [0.2, 0.25) is 0 Å². The first-order chi connectivity index (χ1) is 36.6. The van der Waals surface area contributed by atoms with Crippen molar-refractivity contribution >= 4 is 17.9 Å². The monoisotopic (exact) mass is 1050 g/mol. The maximum Gasteiger partial charge on any atom is 0.361 e. The summed E-state index contributed by atoms with van der Waals surface area (Å²) in [4.78, 5) is 37.5. The van der Waals surface area contributed by atoms with Crippen LogP contribution in [-0.4, -0.2) is 87.4 Å². The third kappa shape index (κ3) is 58.3. The van der Waals surface area contributed by atoms with Crippen LogP contribution in [0.5, 0.6) is 0 Å². The highest BCUT2D eigenvalue weighted by molar-refractivity contribution is 5.71. The average molecular weight is 1050 g/mol. The Morgan fingerprint density at radius 2 is 0.760 bits per heavy atom. The molecule has 0 spiro atoms. The van der Waals surface area contributed by atoms with Crippen molar-refractivity contribution in [1.29, 1.82) is 0 Å². The van der Waals surface area contributed by atoms with Gasteiger partial charge in [-0.2, -0.15) is 0 Å². The molecular formula is C66H118NO8+. The van der Waals surface area contributed by atoms with Crippen molar-refractivity contribution in [2.75, 3.05) is 47.5 Å². The topological polar surface area (TPSA) is 108 Å². The van der Waals surface area contributed by atoms with E-state index in [1.165, 1.54) is 161 Å².